The predicted octanol–water partition coefficient (Wildman–Crippen LogP) is 2.71. The average Bonchev–Trinajstić information content (AvgIpc) is 2.96. The number of aromatic nitrogens is 3. The minimum absolute atomic E-state index is 0.0474. The van der Waals surface area contributed by atoms with Gasteiger partial charge in [0.25, 0.3) is 0 Å². The van der Waals surface area contributed by atoms with Crippen LogP contribution in [0.4, 0.5) is 14.6 Å². The molecule has 0 radical (unpaired) electrons. The molecule has 0 saturated carbocycles. The summed E-state index contributed by atoms with van der Waals surface area (Å²) in [6, 6.07) is 3.98. The molecule has 1 aromatic carbocycles. The van der Waals surface area contributed by atoms with Gasteiger partial charge in [-0.1, -0.05) is 35.2 Å². The van der Waals surface area contributed by atoms with Crippen molar-refractivity contribution in [1.29, 1.82) is 0 Å². The largest absolute Gasteiger partial charge is 0.365 e. The molecule has 0 aliphatic carbocycles. The van der Waals surface area contributed by atoms with Gasteiger partial charge in [-0.3, -0.25) is 9.78 Å². The smallest absolute Gasteiger partial charge is 0.306 e. The van der Waals surface area contributed by atoms with Crippen molar-refractivity contribution in [2.45, 2.75) is 23.9 Å². The van der Waals surface area contributed by atoms with E-state index in [1.165, 1.54) is 12.1 Å². The topological polar surface area (TPSA) is 96.7 Å². The van der Waals surface area contributed by atoms with Crippen LogP contribution in [-0.2, 0) is 5.75 Å². The molecule has 132 valence electrons. The van der Waals surface area contributed by atoms with Gasteiger partial charge in [0, 0.05) is 23.9 Å². The van der Waals surface area contributed by atoms with Crippen LogP contribution in [-0.4, -0.2) is 27.5 Å². The molecule has 0 unspecified atom stereocenters. The Hall–Kier alpha value is -2.04. The maximum Gasteiger partial charge on any atom is 0.306 e. The molecule has 0 fully saturated rings. The second-order valence-corrected chi connectivity index (χ2v) is 7.26. The zero-order valence-electron chi connectivity index (χ0n) is 13.2. The minimum Gasteiger partial charge on any atom is -0.365 e. The lowest BCUT2D eigenvalue weighted by molar-refractivity contribution is 0.502. The summed E-state index contributed by atoms with van der Waals surface area (Å²) in [7, 11) is 0. The van der Waals surface area contributed by atoms with E-state index in [1.807, 2.05) is 6.92 Å². The molecule has 0 saturated heterocycles. The highest BCUT2D eigenvalue weighted by molar-refractivity contribution is 7.98. The monoisotopic (exact) mass is 383 g/mol. The first-order chi connectivity index (χ1) is 12.0. The van der Waals surface area contributed by atoms with E-state index in [0.717, 1.165) is 29.2 Å². The van der Waals surface area contributed by atoms with Crippen LogP contribution >= 0.6 is 23.1 Å². The summed E-state index contributed by atoms with van der Waals surface area (Å²) < 4.78 is 27.6. The van der Waals surface area contributed by atoms with Gasteiger partial charge in [0.2, 0.25) is 0 Å². The Balaban J connectivity index is 1.90. The maximum atomic E-state index is 13.8. The van der Waals surface area contributed by atoms with Crippen molar-refractivity contribution in [2.75, 3.05) is 11.9 Å². The number of halogens is 2. The van der Waals surface area contributed by atoms with Gasteiger partial charge in [-0.2, -0.15) is 0 Å². The summed E-state index contributed by atoms with van der Waals surface area (Å²) in [4.78, 5) is 22.7. The Labute approximate surface area is 149 Å². The van der Waals surface area contributed by atoms with Crippen LogP contribution in [0.15, 0.2) is 28.2 Å². The van der Waals surface area contributed by atoms with E-state index >= 15 is 0 Å². The first-order valence-corrected chi connectivity index (χ1v) is 9.21. The van der Waals surface area contributed by atoms with Crippen molar-refractivity contribution in [2.24, 2.45) is 5.73 Å². The Bertz CT molecular complexity index is 959. The molecule has 0 aliphatic heterocycles. The zero-order chi connectivity index (χ0) is 18.0. The molecule has 3 aromatic rings. The fraction of sp³-hybridized carbons (Fsp3) is 0.267. The molecule has 2 heterocycles. The van der Waals surface area contributed by atoms with Crippen LogP contribution in [0.1, 0.15) is 12.5 Å². The number of thioether (sulfide) groups is 1. The lowest BCUT2D eigenvalue weighted by Crippen LogP contribution is -2.25. The van der Waals surface area contributed by atoms with E-state index in [2.05, 4.69) is 20.3 Å². The average molecular weight is 383 g/mol. The van der Waals surface area contributed by atoms with Crippen LogP contribution in [0, 0.1) is 11.6 Å². The maximum absolute atomic E-state index is 13.8. The van der Waals surface area contributed by atoms with Crippen LogP contribution in [0.25, 0.3) is 10.3 Å². The quantitative estimate of drug-likeness (QED) is 0.447. The van der Waals surface area contributed by atoms with E-state index in [-0.39, 0.29) is 22.2 Å². The highest BCUT2D eigenvalue weighted by atomic mass is 32.2. The number of hydrogen-bond donors (Lipinski definition) is 3. The number of H-pyrrole nitrogens is 1. The molecule has 3 rings (SSSR count). The Kier molecular flexibility index (Phi) is 5.30. The molecule has 0 amide bonds. The Morgan fingerprint density at radius 3 is 2.96 bits per heavy atom. The van der Waals surface area contributed by atoms with Gasteiger partial charge in [-0.15, -0.1) is 0 Å². The summed E-state index contributed by atoms with van der Waals surface area (Å²) in [6.07, 6.45) is 0. The second kappa shape index (κ2) is 7.46. The highest BCUT2D eigenvalue weighted by Crippen LogP contribution is 2.28. The van der Waals surface area contributed by atoms with E-state index in [4.69, 9.17) is 5.73 Å². The Morgan fingerprint density at radius 1 is 1.40 bits per heavy atom. The van der Waals surface area contributed by atoms with Gasteiger partial charge < -0.3 is 11.1 Å². The third-order valence-corrected chi connectivity index (χ3v) is 5.16. The van der Waals surface area contributed by atoms with E-state index < -0.39 is 11.6 Å². The summed E-state index contributed by atoms with van der Waals surface area (Å²) in [5.41, 5.74) is 6.24. The lowest BCUT2D eigenvalue weighted by atomic mass is 10.2. The summed E-state index contributed by atoms with van der Waals surface area (Å²) in [6.45, 7) is 2.28. The molecular formula is C15H15F2N5OS2. The summed E-state index contributed by atoms with van der Waals surface area (Å²) in [5, 5.41) is 3.48. The third-order valence-electron chi connectivity index (χ3n) is 3.39. The Morgan fingerprint density at radius 2 is 2.20 bits per heavy atom. The van der Waals surface area contributed by atoms with Gasteiger partial charge >= 0.3 is 4.87 Å². The highest BCUT2D eigenvalue weighted by Gasteiger charge is 2.15. The number of fused-ring (bicyclic) bond motifs is 1. The number of anilines is 1. The van der Waals surface area contributed by atoms with Crippen molar-refractivity contribution in [3.05, 3.63) is 45.1 Å². The molecule has 6 nitrogen and oxygen atoms in total. The van der Waals surface area contributed by atoms with Crippen LogP contribution in [0.5, 0.6) is 0 Å². The first-order valence-electron chi connectivity index (χ1n) is 7.41. The van der Waals surface area contributed by atoms with Gasteiger partial charge in [-0.25, -0.2) is 18.7 Å². The SMILES string of the molecule is C[C@H](CN)Nc1nc(SCc2cccc(F)c2F)nc2[nH]c(=O)sc12. The lowest BCUT2D eigenvalue weighted by Gasteiger charge is -2.13. The van der Waals surface area contributed by atoms with Gasteiger partial charge in [0.1, 0.15) is 4.70 Å². The number of hydrogen-bond acceptors (Lipinski definition) is 7. The number of nitrogens with one attached hydrogen (secondary N) is 2. The number of rotatable bonds is 6. The molecule has 1 atom stereocenters. The number of benzene rings is 1. The molecule has 2 aromatic heterocycles. The summed E-state index contributed by atoms with van der Waals surface area (Å²) >= 11 is 2.15. The number of nitrogens with two attached hydrogens (primary N) is 1. The van der Waals surface area contributed by atoms with E-state index in [0.29, 0.717) is 27.9 Å². The minimum atomic E-state index is -0.893. The zero-order valence-corrected chi connectivity index (χ0v) is 14.8. The van der Waals surface area contributed by atoms with Crippen molar-refractivity contribution in [3.8, 4) is 0 Å². The first kappa shape index (κ1) is 17.8. The third kappa shape index (κ3) is 3.97. The van der Waals surface area contributed by atoms with Gasteiger partial charge in [-0.05, 0) is 13.0 Å². The molecular weight excluding hydrogens is 368 g/mol. The number of nitrogens with zero attached hydrogens (tertiary/aromatic N) is 2. The molecule has 0 aliphatic rings. The predicted molar refractivity (Wildman–Crippen MR) is 96.1 cm³/mol. The van der Waals surface area contributed by atoms with E-state index in [9.17, 15) is 13.6 Å². The fourth-order valence-electron chi connectivity index (χ4n) is 2.08. The van der Waals surface area contributed by atoms with Crippen molar-refractivity contribution in [3.63, 3.8) is 0 Å². The second-order valence-electron chi connectivity index (χ2n) is 5.33. The number of thiazole rings is 1. The van der Waals surface area contributed by atoms with Gasteiger partial charge in [0.15, 0.2) is 28.3 Å². The molecule has 0 spiro atoms. The van der Waals surface area contributed by atoms with E-state index in [1.54, 1.807) is 0 Å². The van der Waals surface area contributed by atoms with Crippen LogP contribution < -0.4 is 15.9 Å². The van der Waals surface area contributed by atoms with Gasteiger partial charge in [0.05, 0.1) is 0 Å². The normalized spacial score (nSPS) is 12.5. The van der Waals surface area contributed by atoms with Crippen LogP contribution in [0.2, 0.25) is 0 Å². The van der Waals surface area contributed by atoms with Crippen molar-refractivity contribution >= 4 is 39.3 Å². The van der Waals surface area contributed by atoms with Crippen molar-refractivity contribution < 1.29 is 8.78 Å². The summed E-state index contributed by atoms with van der Waals surface area (Å²) in [5.74, 6) is -1.12. The fourth-order valence-corrected chi connectivity index (χ4v) is 3.63. The molecule has 25 heavy (non-hydrogen) atoms. The standard InChI is InChI=1S/C15H15F2N5OS2/c1-7(5-18)19-12-11-13(22-15(23)25-11)21-14(20-12)24-6-8-3-2-4-9(16)10(8)17/h2-4,7H,5-6,18H2,1H3,(H2,19,20,21,22,23)/t7-/m1/s1. The molecule has 10 heteroatoms. The molecule has 4 N–H and O–H groups in total. The molecule has 0 bridgehead atoms. The van der Waals surface area contributed by atoms with Crippen molar-refractivity contribution in [1.82, 2.24) is 15.0 Å². The number of aromatic amines is 1. The van der Waals surface area contributed by atoms with Crippen LogP contribution in [0.3, 0.4) is 0 Å².